The molecular formula is C30H35NO4S. The zero-order chi connectivity index (χ0) is 25.5. The first-order valence-electron chi connectivity index (χ1n) is 12.8. The number of thioether (sulfide) groups is 1. The van der Waals surface area contributed by atoms with Gasteiger partial charge in [0, 0.05) is 34.7 Å². The van der Waals surface area contributed by atoms with Crippen molar-refractivity contribution in [2.24, 2.45) is 0 Å². The molecule has 2 aromatic rings. The second-order valence-electron chi connectivity index (χ2n) is 9.15. The molecule has 2 atom stereocenters. The van der Waals surface area contributed by atoms with Crippen LogP contribution in [0.2, 0.25) is 0 Å². The molecule has 0 aromatic heterocycles. The number of rotatable bonds is 10. The predicted octanol–water partition coefficient (Wildman–Crippen LogP) is 6.13. The average molecular weight is 506 g/mol. The minimum absolute atomic E-state index is 0.0623. The van der Waals surface area contributed by atoms with Gasteiger partial charge in [0.2, 0.25) is 0 Å². The Morgan fingerprint density at radius 1 is 1.03 bits per heavy atom. The topological polar surface area (TPSA) is 64.6 Å². The molecule has 0 saturated heterocycles. The standard InChI is InChI=1S/C30H35NO4S/c1-4-15-34-26-14-10-9-13-23(26)28-27(30(33)35-16-17-36-5-2)20(3)31-24-18-22(19-25(32)29(24)28)21-11-7-6-8-12-21/h6-14,22,28,31H,4-5,15-19H2,1-3H3/t22-,28-/m0/s1. The Kier molecular flexibility index (Phi) is 8.92. The second-order valence-corrected chi connectivity index (χ2v) is 10.5. The summed E-state index contributed by atoms with van der Waals surface area (Å²) in [5.41, 5.74) is 4.78. The number of allylic oxidation sites excluding steroid dienone is 3. The van der Waals surface area contributed by atoms with Crippen LogP contribution in [0.3, 0.4) is 0 Å². The molecule has 0 fully saturated rings. The summed E-state index contributed by atoms with van der Waals surface area (Å²) in [6.45, 7) is 6.95. The van der Waals surface area contributed by atoms with Crippen molar-refractivity contribution in [2.45, 2.75) is 51.9 Å². The number of carbonyl (C=O) groups is 2. The van der Waals surface area contributed by atoms with Gasteiger partial charge in [-0.3, -0.25) is 4.79 Å². The maximum absolute atomic E-state index is 13.8. The zero-order valence-electron chi connectivity index (χ0n) is 21.3. The number of hydrogen-bond donors (Lipinski definition) is 1. The Hall–Kier alpha value is -2.99. The number of dihydropyridines is 1. The lowest BCUT2D eigenvalue weighted by atomic mass is 9.71. The number of nitrogens with one attached hydrogen (secondary N) is 1. The minimum Gasteiger partial charge on any atom is -0.493 e. The van der Waals surface area contributed by atoms with E-state index in [1.54, 1.807) is 11.8 Å². The summed E-state index contributed by atoms with van der Waals surface area (Å²) >= 11 is 1.73. The van der Waals surface area contributed by atoms with E-state index in [1.807, 2.05) is 49.4 Å². The fourth-order valence-corrected chi connectivity index (χ4v) is 5.55. The molecule has 4 rings (SSSR count). The number of ketones is 1. The van der Waals surface area contributed by atoms with Gasteiger partial charge in [0.25, 0.3) is 0 Å². The second kappa shape index (κ2) is 12.3. The van der Waals surface area contributed by atoms with Gasteiger partial charge in [-0.25, -0.2) is 4.79 Å². The third-order valence-electron chi connectivity index (χ3n) is 6.68. The number of hydrogen-bond acceptors (Lipinski definition) is 6. The van der Waals surface area contributed by atoms with Crippen LogP contribution < -0.4 is 10.1 Å². The first kappa shape index (κ1) is 26.1. The van der Waals surface area contributed by atoms with Crippen LogP contribution >= 0.6 is 11.8 Å². The van der Waals surface area contributed by atoms with Crippen LogP contribution in [0, 0.1) is 0 Å². The molecular weight excluding hydrogens is 470 g/mol. The summed E-state index contributed by atoms with van der Waals surface area (Å²) in [7, 11) is 0. The molecule has 0 saturated carbocycles. The van der Waals surface area contributed by atoms with Crippen molar-refractivity contribution in [1.82, 2.24) is 5.32 Å². The molecule has 0 spiro atoms. The highest BCUT2D eigenvalue weighted by Gasteiger charge is 2.42. The maximum atomic E-state index is 13.8. The lowest BCUT2D eigenvalue weighted by Crippen LogP contribution is -2.36. The van der Waals surface area contributed by atoms with Gasteiger partial charge in [-0.1, -0.05) is 62.4 Å². The molecule has 0 bridgehead atoms. The summed E-state index contributed by atoms with van der Waals surface area (Å²) in [5, 5.41) is 3.43. The van der Waals surface area contributed by atoms with Crippen molar-refractivity contribution >= 4 is 23.5 Å². The number of para-hydroxylation sites is 1. The van der Waals surface area contributed by atoms with Crippen LogP contribution in [0.25, 0.3) is 0 Å². The molecule has 1 N–H and O–H groups in total. The number of ether oxygens (including phenoxy) is 2. The average Bonchev–Trinajstić information content (AvgIpc) is 2.89. The van der Waals surface area contributed by atoms with Gasteiger partial charge in [0.05, 0.1) is 18.1 Å². The SMILES string of the molecule is CCCOc1ccccc1[C@H]1C(C(=O)OCCSCC)=C(C)NC2=C1C(=O)C[C@@H](c1ccccc1)C2. The molecule has 0 radical (unpaired) electrons. The summed E-state index contributed by atoms with van der Waals surface area (Å²) in [4.78, 5) is 27.2. The zero-order valence-corrected chi connectivity index (χ0v) is 22.2. The molecule has 2 aliphatic rings. The molecule has 190 valence electrons. The molecule has 2 aromatic carbocycles. The normalized spacial score (nSPS) is 19.6. The molecule has 1 aliphatic heterocycles. The van der Waals surface area contributed by atoms with E-state index in [4.69, 9.17) is 9.47 Å². The van der Waals surface area contributed by atoms with Crippen molar-refractivity contribution in [3.05, 3.63) is 88.3 Å². The molecule has 1 aliphatic carbocycles. The summed E-state index contributed by atoms with van der Waals surface area (Å²) in [6.07, 6.45) is 1.99. The highest BCUT2D eigenvalue weighted by molar-refractivity contribution is 7.99. The third-order valence-corrected chi connectivity index (χ3v) is 7.54. The van der Waals surface area contributed by atoms with E-state index >= 15 is 0 Å². The van der Waals surface area contributed by atoms with Crippen LogP contribution in [-0.4, -0.2) is 36.5 Å². The summed E-state index contributed by atoms with van der Waals surface area (Å²) < 4.78 is 11.8. The Bertz CT molecular complexity index is 1150. The van der Waals surface area contributed by atoms with Crippen molar-refractivity contribution in [1.29, 1.82) is 0 Å². The predicted molar refractivity (Wildman–Crippen MR) is 145 cm³/mol. The molecule has 1 heterocycles. The van der Waals surface area contributed by atoms with E-state index in [0.717, 1.165) is 40.4 Å². The van der Waals surface area contributed by atoms with Gasteiger partial charge in [0.1, 0.15) is 12.4 Å². The smallest absolute Gasteiger partial charge is 0.336 e. The Balaban J connectivity index is 1.75. The van der Waals surface area contributed by atoms with Gasteiger partial charge in [0.15, 0.2) is 5.78 Å². The van der Waals surface area contributed by atoms with Crippen LogP contribution in [0.1, 0.15) is 63.0 Å². The first-order valence-corrected chi connectivity index (χ1v) is 14.0. The number of benzene rings is 2. The van der Waals surface area contributed by atoms with E-state index in [9.17, 15) is 9.59 Å². The molecule has 0 amide bonds. The molecule has 5 nitrogen and oxygen atoms in total. The highest BCUT2D eigenvalue weighted by Crippen LogP contribution is 2.47. The maximum Gasteiger partial charge on any atom is 0.336 e. The summed E-state index contributed by atoms with van der Waals surface area (Å²) in [5.74, 6) is 1.68. The van der Waals surface area contributed by atoms with Crippen LogP contribution in [0.15, 0.2) is 77.1 Å². The minimum atomic E-state index is -0.523. The van der Waals surface area contributed by atoms with Crippen molar-refractivity contribution in [2.75, 3.05) is 24.7 Å². The first-order chi connectivity index (χ1) is 17.5. The van der Waals surface area contributed by atoms with Crippen LogP contribution in [-0.2, 0) is 14.3 Å². The number of carbonyl (C=O) groups excluding carboxylic acids is 2. The lowest BCUT2D eigenvalue weighted by molar-refractivity contribution is -0.138. The van der Waals surface area contributed by atoms with Gasteiger partial charge in [-0.15, -0.1) is 0 Å². The fourth-order valence-electron chi connectivity index (χ4n) is 5.06. The van der Waals surface area contributed by atoms with E-state index < -0.39 is 5.92 Å². The molecule has 6 heteroatoms. The molecule has 36 heavy (non-hydrogen) atoms. The van der Waals surface area contributed by atoms with E-state index in [2.05, 4.69) is 31.3 Å². The monoisotopic (exact) mass is 505 g/mol. The Labute approximate surface area is 218 Å². The fraction of sp³-hybridized carbons (Fsp3) is 0.400. The highest BCUT2D eigenvalue weighted by atomic mass is 32.2. The van der Waals surface area contributed by atoms with Gasteiger partial charge in [-0.05, 0) is 43.1 Å². The van der Waals surface area contributed by atoms with Crippen molar-refractivity contribution in [3.8, 4) is 5.75 Å². The van der Waals surface area contributed by atoms with Gasteiger partial charge >= 0.3 is 5.97 Å². The molecule has 0 unspecified atom stereocenters. The third kappa shape index (κ3) is 5.70. The summed E-state index contributed by atoms with van der Waals surface area (Å²) in [6, 6.07) is 17.9. The van der Waals surface area contributed by atoms with Crippen molar-refractivity contribution in [3.63, 3.8) is 0 Å². The van der Waals surface area contributed by atoms with Gasteiger partial charge in [-0.2, -0.15) is 11.8 Å². The van der Waals surface area contributed by atoms with E-state index in [0.29, 0.717) is 43.0 Å². The van der Waals surface area contributed by atoms with Crippen molar-refractivity contribution < 1.29 is 19.1 Å². The van der Waals surface area contributed by atoms with Gasteiger partial charge < -0.3 is 14.8 Å². The number of esters is 1. The van der Waals surface area contributed by atoms with E-state index in [-0.39, 0.29) is 17.7 Å². The van der Waals surface area contributed by atoms with Crippen LogP contribution in [0.4, 0.5) is 0 Å². The van der Waals surface area contributed by atoms with E-state index in [1.165, 1.54) is 0 Å². The number of Topliss-reactive ketones (excluding diaryl/α,β-unsaturated/α-hetero) is 1. The Morgan fingerprint density at radius 3 is 2.53 bits per heavy atom. The quantitative estimate of drug-likeness (QED) is 0.309. The van der Waals surface area contributed by atoms with Crippen LogP contribution in [0.5, 0.6) is 5.75 Å². The lowest BCUT2D eigenvalue weighted by Gasteiger charge is -2.37. The largest absolute Gasteiger partial charge is 0.493 e. The Morgan fingerprint density at radius 2 is 1.78 bits per heavy atom.